The summed E-state index contributed by atoms with van der Waals surface area (Å²) in [7, 11) is 0. The lowest BCUT2D eigenvalue weighted by Crippen LogP contribution is -2.22. The van der Waals surface area contributed by atoms with Crippen LogP contribution in [0.25, 0.3) is 0 Å². The van der Waals surface area contributed by atoms with E-state index in [1.54, 1.807) is 0 Å². The van der Waals surface area contributed by atoms with E-state index in [2.05, 4.69) is 26.1 Å². The fraction of sp³-hybridized carbons (Fsp3) is 0.190. The number of halogens is 3. The van der Waals surface area contributed by atoms with Gasteiger partial charge in [0.15, 0.2) is 0 Å². The van der Waals surface area contributed by atoms with Crippen LogP contribution in [0.3, 0.4) is 0 Å². The summed E-state index contributed by atoms with van der Waals surface area (Å²) in [6.07, 6.45) is 1.20. The SMILES string of the molecule is Cc1ccccc1C(c1ccc(Br)cc1)C(Cc1cc(Cl)ncc1F)N=O. The molecule has 1 aromatic heterocycles. The van der Waals surface area contributed by atoms with Gasteiger partial charge < -0.3 is 0 Å². The molecule has 2 unspecified atom stereocenters. The third-order valence-electron chi connectivity index (χ3n) is 4.60. The fourth-order valence-electron chi connectivity index (χ4n) is 3.26. The lowest BCUT2D eigenvalue weighted by Gasteiger charge is -2.25. The maximum absolute atomic E-state index is 14.2. The van der Waals surface area contributed by atoms with Crippen molar-refractivity contribution < 1.29 is 4.39 Å². The van der Waals surface area contributed by atoms with E-state index in [1.165, 1.54) is 6.07 Å². The molecule has 0 radical (unpaired) electrons. The largest absolute Gasteiger partial charge is 0.242 e. The molecule has 2 atom stereocenters. The van der Waals surface area contributed by atoms with Gasteiger partial charge in [-0.05, 0) is 47.4 Å². The van der Waals surface area contributed by atoms with Gasteiger partial charge in [-0.1, -0.05) is 69.1 Å². The minimum absolute atomic E-state index is 0.132. The molecule has 27 heavy (non-hydrogen) atoms. The number of hydrogen-bond acceptors (Lipinski definition) is 3. The Bertz CT molecular complexity index is 949. The average molecular weight is 448 g/mol. The summed E-state index contributed by atoms with van der Waals surface area (Å²) in [6, 6.07) is 16.4. The Morgan fingerprint density at radius 1 is 1.19 bits per heavy atom. The van der Waals surface area contributed by atoms with E-state index in [9.17, 15) is 9.30 Å². The van der Waals surface area contributed by atoms with E-state index >= 15 is 0 Å². The molecule has 0 bridgehead atoms. The van der Waals surface area contributed by atoms with Crippen molar-refractivity contribution in [3.05, 3.63) is 103 Å². The molecule has 0 N–H and O–H groups in total. The zero-order chi connectivity index (χ0) is 19.4. The molecule has 3 nitrogen and oxygen atoms in total. The molecule has 0 aliphatic carbocycles. The van der Waals surface area contributed by atoms with Crippen LogP contribution >= 0.6 is 27.5 Å². The molecule has 2 aromatic carbocycles. The van der Waals surface area contributed by atoms with Crippen LogP contribution in [0.4, 0.5) is 4.39 Å². The van der Waals surface area contributed by atoms with E-state index in [1.807, 2.05) is 55.5 Å². The Morgan fingerprint density at radius 3 is 2.56 bits per heavy atom. The van der Waals surface area contributed by atoms with Crippen LogP contribution in [0.15, 0.2) is 70.4 Å². The molecule has 0 aliphatic rings. The molecule has 0 amide bonds. The number of benzene rings is 2. The van der Waals surface area contributed by atoms with Gasteiger partial charge in [0, 0.05) is 16.8 Å². The molecule has 0 aliphatic heterocycles. The molecule has 138 valence electrons. The predicted octanol–water partition coefficient (Wildman–Crippen LogP) is 6.45. The van der Waals surface area contributed by atoms with Crippen LogP contribution in [0.2, 0.25) is 5.15 Å². The topological polar surface area (TPSA) is 42.3 Å². The van der Waals surface area contributed by atoms with Gasteiger partial charge in [-0.3, -0.25) is 0 Å². The summed E-state index contributed by atoms with van der Waals surface area (Å²) in [5, 5.41) is 3.57. The van der Waals surface area contributed by atoms with Crippen molar-refractivity contribution in [3.63, 3.8) is 0 Å². The highest BCUT2D eigenvalue weighted by atomic mass is 79.9. The lowest BCUT2D eigenvalue weighted by atomic mass is 9.81. The van der Waals surface area contributed by atoms with Gasteiger partial charge in [0.25, 0.3) is 0 Å². The Labute approximate surface area is 170 Å². The van der Waals surface area contributed by atoms with Crippen molar-refractivity contribution in [2.24, 2.45) is 5.18 Å². The van der Waals surface area contributed by atoms with Gasteiger partial charge >= 0.3 is 0 Å². The molecular formula is C21H17BrClFN2O. The van der Waals surface area contributed by atoms with E-state index in [0.29, 0.717) is 5.56 Å². The zero-order valence-corrected chi connectivity index (χ0v) is 16.9. The normalized spacial score (nSPS) is 13.2. The van der Waals surface area contributed by atoms with E-state index in [4.69, 9.17) is 11.6 Å². The second-order valence-corrected chi connectivity index (χ2v) is 7.66. The Hall–Kier alpha value is -2.11. The standard InChI is InChI=1S/C21H17BrClFN2O/c1-13-4-2-3-5-17(13)21(14-6-8-16(22)9-7-14)19(26-27)10-15-11-20(23)25-12-18(15)24/h2-9,11-12,19,21H,10H2,1H3. The minimum atomic E-state index is -0.694. The van der Waals surface area contributed by atoms with Gasteiger partial charge in [-0.15, -0.1) is 0 Å². The number of aryl methyl sites for hydroxylation is 1. The second-order valence-electron chi connectivity index (χ2n) is 6.36. The molecule has 1 heterocycles. The minimum Gasteiger partial charge on any atom is -0.242 e. The summed E-state index contributed by atoms with van der Waals surface area (Å²) in [5.41, 5.74) is 3.31. The maximum atomic E-state index is 14.2. The molecule has 0 fully saturated rings. The molecule has 0 spiro atoms. The van der Waals surface area contributed by atoms with Crippen molar-refractivity contribution in [3.8, 4) is 0 Å². The van der Waals surface area contributed by atoms with Gasteiger partial charge in [0.1, 0.15) is 17.0 Å². The van der Waals surface area contributed by atoms with Crippen molar-refractivity contribution in [2.75, 3.05) is 0 Å². The fourth-order valence-corrected chi connectivity index (χ4v) is 3.71. The van der Waals surface area contributed by atoms with Crippen LogP contribution in [-0.2, 0) is 6.42 Å². The van der Waals surface area contributed by atoms with Crippen LogP contribution in [0, 0.1) is 17.6 Å². The van der Waals surface area contributed by atoms with Crippen molar-refractivity contribution in [2.45, 2.75) is 25.3 Å². The first-order valence-corrected chi connectivity index (χ1v) is 9.60. The first-order valence-electron chi connectivity index (χ1n) is 8.43. The molecule has 6 heteroatoms. The number of nitroso groups, excluding NO2 is 1. The third-order valence-corrected chi connectivity index (χ3v) is 5.34. The monoisotopic (exact) mass is 446 g/mol. The van der Waals surface area contributed by atoms with Crippen molar-refractivity contribution >= 4 is 27.5 Å². The van der Waals surface area contributed by atoms with Gasteiger partial charge in [-0.25, -0.2) is 9.37 Å². The summed E-state index contributed by atoms with van der Waals surface area (Å²) in [4.78, 5) is 15.6. The Morgan fingerprint density at radius 2 is 1.89 bits per heavy atom. The lowest BCUT2D eigenvalue weighted by molar-refractivity contribution is 0.550. The van der Waals surface area contributed by atoms with E-state index in [-0.39, 0.29) is 17.5 Å². The first kappa shape index (κ1) is 19.6. The van der Waals surface area contributed by atoms with E-state index in [0.717, 1.165) is 27.4 Å². The number of rotatable bonds is 6. The number of nitrogens with zero attached hydrogens (tertiary/aromatic N) is 2. The number of hydrogen-bond donors (Lipinski definition) is 0. The quantitative estimate of drug-likeness (QED) is 0.322. The molecular weight excluding hydrogens is 431 g/mol. The first-order chi connectivity index (χ1) is 13.0. The smallest absolute Gasteiger partial charge is 0.144 e. The van der Waals surface area contributed by atoms with Crippen LogP contribution in [0.5, 0.6) is 0 Å². The third kappa shape index (κ3) is 4.60. The second kappa shape index (κ2) is 8.72. The summed E-state index contributed by atoms with van der Waals surface area (Å²) < 4.78 is 15.1. The molecule has 0 saturated heterocycles. The van der Waals surface area contributed by atoms with Gasteiger partial charge in [0.05, 0.1) is 6.20 Å². The highest BCUT2D eigenvalue weighted by Gasteiger charge is 2.28. The number of aromatic nitrogens is 1. The van der Waals surface area contributed by atoms with Crippen molar-refractivity contribution in [1.82, 2.24) is 4.98 Å². The van der Waals surface area contributed by atoms with Crippen molar-refractivity contribution in [1.29, 1.82) is 0 Å². The van der Waals surface area contributed by atoms with Crippen LogP contribution in [-0.4, -0.2) is 11.0 Å². The summed E-state index contributed by atoms with van der Waals surface area (Å²) in [6.45, 7) is 1.99. The highest BCUT2D eigenvalue weighted by molar-refractivity contribution is 9.10. The molecule has 0 saturated carbocycles. The molecule has 3 rings (SSSR count). The van der Waals surface area contributed by atoms with E-state index < -0.39 is 11.9 Å². The van der Waals surface area contributed by atoms with Crippen LogP contribution < -0.4 is 0 Å². The van der Waals surface area contributed by atoms with Gasteiger partial charge in [0.2, 0.25) is 0 Å². The highest BCUT2D eigenvalue weighted by Crippen LogP contribution is 2.34. The van der Waals surface area contributed by atoms with Crippen LogP contribution in [0.1, 0.15) is 28.2 Å². The summed E-state index contributed by atoms with van der Waals surface area (Å²) >= 11 is 9.34. The zero-order valence-electron chi connectivity index (χ0n) is 14.6. The Balaban J connectivity index is 2.07. The average Bonchev–Trinajstić information content (AvgIpc) is 2.66. The maximum Gasteiger partial charge on any atom is 0.144 e. The number of pyridine rings is 1. The van der Waals surface area contributed by atoms with Gasteiger partial charge in [-0.2, -0.15) is 4.91 Å². The summed E-state index contributed by atoms with van der Waals surface area (Å²) in [5.74, 6) is -0.796. The Kier molecular flexibility index (Phi) is 6.34. The molecule has 3 aromatic rings. The predicted molar refractivity (Wildman–Crippen MR) is 110 cm³/mol.